The molecule has 0 saturated heterocycles. The van der Waals surface area contributed by atoms with Crippen molar-refractivity contribution in [1.82, 2.24) is 14.9 Å². The maximum atomic E-state index is 12.4. The first-order valence-corrected chi connectivity index (χ1v) is 8.96. The zero-order valence-corrected chi connectivity index (χ0v) is 16.1. The number of halogens is 2. The second-order valence-electron chi connectivity index (χ2n) is 6.22. The van der Waals surface area contributed by atoms with E-state index < -0.39 is 0 Å². The van der Waals surface area contributed by atoms with Gasteiger partial charge in [-0.3, -0.25) is 4.79 Å². The Bertz CT molecular complexity index is 986. The van der Waals surface area contributed by atoms with E-state index in [1.807, 2.05) is 14.1 Å². The molecule has 5 nitrogen and oxygen atoms in total. The van der Waals surface area contributed by atoms with E-state index in [1.165, 1.54) is 0 Å². The van der Waals surface area contributed by atoms with Gasteiger partial charge in [-0.25, -0.2) is 4.98 Å². The van der Waals surface area contributed by atoms with Crippen molar-refractivity contribution in [3.8, 4) is 17.1 Å². The van der Waals surface area contributed by atoms with Gasteiger partial charge < -0.3 is 14.6 Å². The largest absolute Gasteiger partial charge is 0.493 e. The van der Waals surface area contributed by atoms with Gasteiger partial charge in [0.1, 0.15) is 11.6 Å². The van der Waals surface area contributed by atoms with Gasteiger partial charge in [0.15, 0.2) is 0 Å². The lowest BCUT2D eigenvalue weighted by molar-refractivity contribution is 0.282. The Hall–Kier alpha value is -2.08. The molecule has 0 fully saturated rings. The number of hydrogen-bond acceptors (Lipinski definition) is 4. The van der Waals surface area contributed by atoms with E-state index in [0.29, 0.717) is 44.7 Å². The summed E-state index contributed by atoms with van der Waals surface area (Å²) in [6.07, 6.45) is 0.884. The Morgan fingerprint density at radius 2 is 1.85 bits per heavy atom. The van der Waals surface area contributed by atoms with Gasteiger partial charge in [0.2, 0.25) is 0 Å². The highest BCUT2D eigenvalue weighted by atomic mass is 35.5. The number of rotatable bonds is 6. The average molecular weight is 392 g/mol. The van der Waals surface area contributed by atoms with Gasteiger partial charge in [0.05, 0.1) is 23.1 Å². The molecule has 0 aliphatic heterocycles. The van der Waals surface area contributed by atoms with Gasteiger partial charge in [-0.1, -0.05) is 23.2 Å². The quantitative estimate of drug-likeness (QED) is 0.638. The summed E-state index contributed by atoms with van der Waals surface area (Å²) in [6, 6.07) is 10.3. The van der Waals surface area contributed by atoms with Gasteiger partial charge in [0, 0.05) is 16.6 Å². The predicted molar refractivity (Wildman–Crippen MR) is 106 cm³/mol. The molecule has 0 spiro atoms. The molecule has 0 atom stereocenters. The zero-order chi connectivity index (χ0) is 18.7. The molecule has 1 N–H and O–H groups in total. The number of ether oxygens (including phenoxy) is 1. The van der Waals surface area contributed by atoms with Crippen molar-refractivity contribution in [3.05, 3.63) is 56.8 Å². The highest BCUT2D eigenvalue weighted by Crippen LogP contribution is 2.31. The molecule has 0 saturated carbocycles. The molecule has 136 valence electrons. The lowest BCUT2D eigenvalue weighted by Gasteiger charge is -2.13. The summed E-state index contributed by atoms with van der Waals surface area (Å²) < 4.78 is 5.90. The molecule has 1 heterocycles. The summed E-state index contributed by atoms with van der Waals surface area (Å²) >= 11 is 12.1. The number of H-pyrrole nitrogens is 1. The molecule has 0 radical (unpaired) electrons. The number of aromatic nitrogens is 2. The summed E-state index contributed by atoms with van der Waals surface area (Å²) in [7, 11) is 4.04. The van der Waals surface area contributed by atoms with Crippen LogP contribution in [0.4, 0.5) is 0 Å². The minimum atomic E-state index is -0.258. The van der Waals surface area contributed by atoms with E-state index in [2.05, 4.69) is 14.9 Å². The summed E-state index contributed by atoms with van der Waals surface area (Å²) in [5.74, 6) is 1.04. The van der Waals surface area contributed by atoms with Crippen molar-refractivity contribution in [2.75, 3.05) is 27.2 Å². The van der Waals surface area contributed by atoms with E-state index in [1.54, 1.807) is 36.4 Å². The van der Waals surface area contributed by atoms with Gasteiger partial charge in [-0.2, -0.15) is 0 Å². The van der Waals surface area contributed by atoms with Gasteiger partial charge >= 0.3 is 0 Å². The van der Waals surface area contributed by atoms with Crippen LogP contribution in [0.2, 0.25) is 10.0 Å². The summed E-state index contributed by atoms with van der Waals surface area (Å²) in [4.78, 5) is 21.9. The summed E-state index contributed by atoms with van der Waals surface area (Å²) in [6.45, 7) is 1.48. The maximum Gasteiger partial charge on any atom is 0.259 e. The lowest BCUT2D eigenvalue weighted by Crippen LogP contribution is -2.15. The smallest absolute Gasteiger partial charge is 0.259 e. The van der Waals surface area contributed by atoms with E-state index in [9.17, 15) is 4.79 Å². The molecule has 3 aromatic rings. The van der Waals surface area contributed by atoms with Crippen molar-refractivity contribution >= 4 is 34.1 Å². The third-order valence-electron chi connectivity index (χ3n) is 3.87. The molecule has 0 amide bonds. The molecular weight excluding hydrogens is 373 g/mol. The van der Waals surface area contributed by atoms with Crippen LogP contribution in [-0.2, 0) is 0 Å². The maximum absolute atomic E-state index is 12.4. The fourth-order valence-electron chi connectivity index (χ4n) is 2.61. The van der Waals surface area contributed by atoms with Gasteiger partial charge in [-0.05, 0) is 56.9 Å². The Kier molecular flexibility index (Phi) is 5.81. The van der Waals surface area contributed by atoms with Crippen molar-refractivity contribution in [1.29, 1.82) is 0 Å². The monoisotopic (exact) mass is 391 g/mol. The van der Waals surface area contributed by atoms with E-state index in [-0.39, 0.29) is 5.56 Å². The lowest BCUT2D eigenvalue weighted by atomic mass is 10.1. The molecule has 1 aromatic heterocycles. The molecule has 3 rings (SSSR count). The van der Waals surface area contributed by atoms with Crippen LogP contribution in [-0.4, -0.2) is 42.1 Å². The molecule has 7 heteroatoms. The highest BCUT2D eigenvalue weighted by Gasteiger charge is 2.12. The average Bonchev–Trinajstić information content (AvgIpc) is 2.60. The molecule has 26 heavy (non-hydrogen) atoms. The normalized spacial score (nSPS) is 11.3. The van der Waals surface area contributed by atoms with E-state index >= 15 is 0 Å². The van der Waals surface area contributed by atoms with Crippen LogP contribution >= 0.6 is 23.2 Å². The fraction of sp³-hybridized carbons (Fsp3) is 0.263. The Labute approximate surface area is 161 Å². The molecule has 0 aliphatic rings. The standard InChI is InChI=1S/C19H19Cl2N3O2/c1-24(2)8-3-9-26-17-7-5-13(21)11-15(17)18-22-16-6-4-12(20)10-14(16)19(25)23-18/h4-7,10-11H,3,8-9H2,1-2H3,(H,22,23,25). The van der Waals surface area contributed by atoms with Crippen LogP contribution in [0.5, 0.6) is 5.75 Å². The van der Waals surface area contributed by atoms with Crippen molar-refractivity contribution in [2.24, 2.45) is 0 Å². The minimum absolute atomic E-state index is 0.258. The molecule has 0 aliphatic carbocycles. The Morgan fingerprint density at radius 1 is 1.12 bits per heavy atom. The third-order valence-corrected chi connectivity index (χ3v) is 4.34. The Morgan fingerprint density at radius 3 is 2.62 bits per heavy atom. The van der Waals surface area contributed by atoms with Crippen LogP contribution in [0, 0.1) is 0 Å². The molecular formula is C19H19Cl2N3O2. The number of nitrogens with zero attached hydrogens (tertiary/aromatic N) is 2. The summed E-state index contributed by atoms with van der Waals surface area (Å²) in [5.41, 5.74) is 0.953. The first-order chi connectivity index (χ1) is 12.4. The molecule has 0 bridgehead atoms. The van der Waals surface area contributed by atoms with Crippen LogP contribution in [0.3, 0.4) is 0 Å². The number of benzene rings is 2. The third kappa shape index (κ3) is 4.36. The molecule has 2 aromatic carbocycles. The van der Waals surface area contributed by atoms with Crippen LogP contribution in [0.15, 0.2) is 41.2 Å². The predicted octanol–water partition coefficient (Wildman–Crippen LogP) is 4.23. The fourth-order valence-corrected chi connectivity index (χ4v) is 2.96. The first-order valence-electron chi connectivity index (χ1n) is 8.21. The SMILES string of the molecule is CN(C)CCCOc1ccc(Cl)cc1-c1nc2ccc(Cl)cc2c(=O)[nH]1. The van der Waals surface area contributed by atoms with E-state index in [4.69, 9.17) is 27.9 Å². The van der Waals surface area contributed by atoms with Crippen molar-refractivity contribution < 1.29 is 4.74 Å². The number of aromatic amines is 1. The Balaban J connectivity index is 1.97. The van der Waals surface area contributed by atoms with Crippen LogP contribution in [0.1, 0.15) is 6.42 Å². The second kappa shape index (κ2) is 8.08. The van der Waals surface area contributed by atoms with E-state index in [0.717, 1.165) is 13.0 Å². The minimum Gasteiger partial charge on any atom is -0.493 e. The number of nitrogens with one attached hydrogen (secondary N) is 1. The summed E-state index contributed by atoms with van der Waals surface area (Å²) in [5, 5.41) is 1.47. The second-order valence-corrected chi connectivity index (χ2v) is 7.09. The molecule has 0 unspecified atom stereocenters. The topological polar surface area (TPSA) is 58.2 Å². The number of fused-ring (bicyclic) bond motifs is 1. The van der Waals surface area contributed by atoms with Gasteiger partial charge in [0.25, 0.3) is 5.56 Å². The van der Waals surface area contributed by atoms with Crippen molar-refractivity contribution in [2.45, 2.75) is 6.42 Å². The van der Waals surface area contributed by atoms with Crippen molar-refractivity contribution in [3.63, 3.8) is 0 Å². The number of hydrogen-bond donors (Lipinski definition) is 1. The highest BCUT2D eigenvalue weighted by molar-refractivity contribution is 6.31. The first kappa shape index (κ1) is 18.7. The van der Waals surface area contributed by atoms with Crippen LogP contribution in [0.25, 0.3) is 22.3 Å². The van der Waals surface area contributed by atoms with Crippen LogP contribution < -0.4 is 10.3 Å². The zero-order valence-electron chi connectivity index (χ0n) is 14.6. The van der Waals surface area contributed by atoms with Gasteiger partial charge in [-0.15, -0.1) is 0 Å².